The highest BCUT2D eigenvalue weighted by atomic mass is 16.1. The Kier molecular flexibility index (Phi) is 3.57. The fourth-order valence-corrected chi connectivity index (χ4v) is 2.28. The molecule has 0 heterocycles. The fourth-order valence-electron chi connectivity index (χ4n) is 2.28. The summed E-state index contributed by atoms with van der Waals surface area (Å²) in [5.74, 6) is 0.684. The number of primary amides is 1. The lowest BCUT2D eigenvalue weighted by Crippen LogP contribution is -2.28. The lowest BCUT2D eigenvalue weighted by atomic mass is 9.87. The van der Waals surface area contributed by atoms with Crippen molar-refractivity contribution >= 4 is 5.91 Å². The van der Waals surface area contributed by atoms with Crippen molar-refractivity contribution in [3.8, 4) is 0 Å². The van der Waals surface area contributed by atoms with Crippen molar-refractivity contribution in [3.05, 3.63) is 0 Å². The number of amides is 1. The Balaban J connectivity index is 2.45. The molecule has 0 aliphatic heterocycles. The van der Waals surface area contributed by atoms with Crippen LogP contribution in [-0.2, 0) is 4.79 Å². The summed E-state index contributed by atoms with van der Waals surface area (Å²) in [5.41, 5.74) is 5.36. The van der Waals surface area contributed by atoms with Crippen LogP contribution in [0.25, 0.3) is 0 Å². The van der Waals surface area contributed by atoms with Gasteiger partial charge in [-0.2, -0.15) is 0 Å². The molecule has 1 amide bonds. The zero-order chi connectivity index (χ0) is 8.97. The van der Waals surface area contributed by atoms with Crippen molar-refractivity contribution in [2.75, 3.05) is 0 Å². The van der Waals surface area contributed by atoms with Gasteiger partial charge in [0, 0.05) is 5.92 Å². The molecule has 2 nitrogen and oxygen atoms in total. The summed E-state index contributed by atoms with van der Waals surface area (Å²) >= 11 is 0. The first-order valence-electron chi connectivity index (χ1n) is 5.05. The normalized spacial score (nSPS) is 21.1. The van der Waals surface area contributed by atoms with Crippen LogP contribution < -0.4 is 5.73 Å². The Labute approximate surface area is 74.5 Å². The van der Waals surface area contributed by atoms with Crippen molar-refractivity contribution in [1.29, 1.82) is 0 Å². The predicted molar refractivity (Wildman–Crippen MR) is 49.6 cm³/mol. The maximum atomic E-state index is 11.1. The summed E-state index contributed by atoms with van der Waals surface area (Å²) in [5, 5.41) is 0. The average molecular weight is 169 g/mol. The highest BCUT2D eigenvalue weighted by molar-refractivity contribution is 5.76. The van der Waals surface area contributed by atoms with Gasteiger partial charge in [-0.25, -0.2) is 0 Å². The fraction of sp³-hybridized carbons (Fsp3) is 0.900. The van der Waals surface area contributed by atoms with Crippen LogP contribution >= 0.6 is 0 Å². The molecular weight excluding hydrogens is 150 g/mol. The van der Waals surface area contributed by atoms with E-state index in [4.69, 9.17) is 5.73 Å². The first-order valence-corrected chi connectivity index (χ1v) is 5.05. The van der Waals surface area contributed by atoms with Crippen LogP contribution in [0.3, 0.4) is 0 Å². The number of carbonyl (C=O) groups is 1. The lowest BCUT2D eigenvalue weighted by molar-refractivity contribution is -0.123. The van der Waals surface area contributed by atoms with Crippen molar-refractivity contribution in [2.24, 2.45) is 17.6 Å². The molecule has 1 saturated carbocycles. The summed E-state index contributed by atoms with van der Waals surface area (Å²) in [7, 11) is 0. The van der Waals surface area contributed by atoms with E-state index in [0.717, 1.165) is 12.8 Å². The second kappa shape index (κ2) is 4.48. The molecule has 1 rings (SSSR count). The Bertz CT molecular complexity index is 150. The topological polar surface area (TPSA) is 43.1 Å². The van der Waals surface area contributed by atoms with E-state index in [1.165, 1.54) is 25.7 Å². The molecule has 1 fully saturated rings. The lowest BCUT2D eigenvalue weighted by Gasteiger charge is -2.18. The molecule has 0 aromatic heterocycles. The van der Waals surface area contributed by atoms with E-state index < -0.39 is 0 Å². The summed E-state index contributed by atoms with van der Waals surface area (Å²) in [4.78, 5) is 11.1. The van der Waals surface area contributed by atoms with Crippen molar-refractivity contribution in [2.45, 2.75) is 45.4 Å². The standard InChI is InChI=1S/C10H19NO/c1-2-5-9(10(11)12)8-6-3-4-7-8/h8-9H,2-7H2,1H3,(H2,11,12). The van der Waals surface area contributed by atoms with Crippen LogP contribution in [0.1, 0.15) is 45.4 Å². The molecule has 2 N–H and O–H groups in total. The van der Waals surface area contributed by atoms with Gasteiger partial charge < -0.3 is 5.73 Å². The Morgan fingerprint density at radius 1 is 1.50 bits per heavy atom. The second-order valence-corrected chi connectivity index (χ2v) is 3.84. The number of nitrogens with two attached hydrogens (primary N) is 1. The van der Waals surface area contributed by atoms with E-state index in [0.29, 0.717) is 5.92 Å². The quantitative estimate of drug-likeness (QED) is 0.688. The van der Waals surface area contributed by atoms with Gasteiger partial charge in [-0.3, -0.25) is 4.79 Å². The van der Waals surface area contributed by atoms with Crippen LogP contribution in [0, 0.1) is 11.8 Å². The van der Waals surface area contributed by atoms with Gasteiger partial charge in [0.15, 0.2) is 0 Å². The summed E-state index contributed by atoms with van der Waals surface area (Å²) < 4.78 is 0. The van der Waals surface area contributed by atoms with Gasteiger partial charge in [0.05, 0.1) is 0 Å². The highest BCUT2D eigenvalue weighted by Crippen LogP contribution is 2.33. The molecule has 0 aromatic carbocycles. The summed E-state index contributed by atoms with van der Waals surface area (Å²) in [6.45, 7) is 2.12. The molecule has 1 aliphatic rings. The molecule has 1 atom stereocenters. The maximum absolute atomic E-state index is 11.1. The monoisotopic (exact) mass is 169 g/mol. The summed E-state index contributed by atoms with van der Waals surface area (Å²) in [6, 6.07) is 0. The largest absolute Gasteiger partial charge is 0.369 e. The van der Waals surface area contributed by atoms with E-state index in [2.05, 4.69) is 6.92 Å². The van der Waals surface area contributed by atoms with Gasteiger partial charge in [-0.1, -0.05) is 26.2 Å². The molecule has 1 unspecified atom stereocenters. The highest BCUT2D eigenvalue weighted by Gasteiger charge is 2.27. The third-order valence-electron chi connectivity index (χ3n) is 2.93. The van der Waals surface area contributed by atoms with Crippen molar-refractivity contribution in [1.82, 2.24) is 0 Å². The van der Waals surface area contributed by atoms with Gasteiger partial charge in [0.25, 0.3) is 0 Å². The molecule has 2 heteroatoms. The van der Waals surface area contributed by atoms with Crippen molar-refractivity contribution in [3.63, 3.8) is 0 Å². The van der Waals surface area contributed by atoms with Crippen LogP contribution in [0.4, 0.5) is 0 Å². The smallest absolute Gasteiger partial charge is 0.220 e. The minimum atomic E-state index is -0.0799. The molecule has 0 aromatic rings. The van der Waals surface area contributed by atoms with E-state index >= 15 is 0 Å². The van der Waals surface area contributed by atoms with E-state index in [1.54, 1.807) is 0 Å². The van der Waals surface area contributed by atoms with Crippen molar-refractivity contribution < 1.29 is 4.79 Å². The Hall–Kier alpha value is -0.530. The molecule has 0 radical (unpaired) electrons. The minimum Gasteiger partial charge on any atom is -0.369 e. The van der Waals surface area contributed by atoms with Gasteiger partial charge in [0.1, 0.15) is 0 Å². The van der Waals surface area contributed by atoms with Crippen LogP contribution in [0.5, 0.6) is 0 Å². The first-order chi connectivity index (χ1) is 5.75. The van der Waals surface area contributed by atoms with Crippen LogP contribution in [0.15, 0.2) is 0 Å². The van der Waals surface area contributed by atoms with E-state index in [9.17, 15) is 4.79 Å². The van der Waals surface area contributed by atoms with E-state index in [1.807, 2.05) is 0 Å². The number of carbonyl (C=O) groups excluding carboxylic acids is 1. The molecular formula is C10H19NO. The summed E-state index contributed by atoms with van der Waals surface area (Å²) in [6.07, 6.45) is 7.07. The van der Waals surface area contributed by atoms with E-state index in [-0.39, 0.29) is 11.8 Å². The van der Waals surface area contributed by atoms with Gasteiger partial charge in [0.2, 0.25) is 5.91 Å². The molecule has 70 valence electrons. The first kappa shape index (κ1) is 9.56. The van der Waals surface area contributed by atoms with Crippen LogP contribution in [0.2, 0.25) is 0 Å². The number of hydrogen-bond acceptors (Lipinski definition) is 1. The second-order valence-electron chi connectivity index (χ2n) is 3.84. The molecule has 0 bridgehead atoms. The molecule has 12 heavy (non-hydrogen) atoms. The third kappa shape index (κ3) is 2.23. The molecule has 0 saturated heterocycles. The predicted octanol–water partition coefficient (Wildman–Crippen LogP) is 2.08. The maximum Gasteiger partial charge on any atom is 0.220 e. The molecule has 0 spiro atoms. The van der Waals surface area contributed by atoms with Crippen LogP contribution in [-0.4, -0.2) is 5.91 Å². The third-order valence-corrected chi connectivity index (χ3v) is 2.93. The van der Waals surface area contributed by atoms with Gasteiger partial charge in [-0.15, -0.1) is 0 Å². The minimum absolute atomic E-state index is 0.0799. The Morgan fingerprint density at radius 2 is 2.08 bits per heavy atom. The number of rotatable bonds is 4. The molecule has 1 aliphatic carbocycles. The zero-order valence-corrected chi connectivity index (χ0v) is 7.88. The Morgan fingerprint density at radius 3 is 2.50 bits per heavy atom. The van der Waals surface area contributed by atoms with Gasteiger partial charge in [-0.05, 0) is 25.2 Å². The number of hydrogen-bond donors (Lipinski definition) is 1. The SMILES string of the molecule is CCCC(C(N)=O)C1CCCC1. The zero-order valence-electron chi connectivity index (χ0n) is 7.88. The average Bonchev–Trinajstić information content (AvgIpc) is 2.51. The van der Waals surface area contributed by atoms with Gasteiger partial charge >= 0.3 is 0 Å².